The van der Waals surface area contributed by atoms with Gasteiger partial charge in [0.05, 0.1) is 25.8 Å². The predicted molar refractivity (Wildman–Crippen MR) is 135 cm³/mol. The number of fused-ring (bicyclic) bond motifs is 2. The van der Waals surface area contributed by atoms with Gasteiger partial charge in [0, 0.05) is 17.5 Å². The van der Waals surface area contributed by atoms with Crippen molar-refractivity contribution in [3.8, 4) is 11.8 Å². The van der Waals surface area contributed by atoms with Crippen LogP contribution in [0.1, 0.15) is 51.7 Å². The Morgan fingerprint density at radius 3 is 2.74 bits per heavy atom. The van der Waals surface area contributed by atoms with Crippen LogP contribution >= 0.6 is 0 Å². The third-order valence-electron chi connectivity index (χ3n) is 8.83. The number of nitrogens with one attached hydrogen (secondary N) is 2. The van der Waals surface area contributed by atoms with Crippen molar-refractivity contribution in [1.82, 2.24) is 15.7 Å². The maximum absolute atomic E-state index is 13.7. The molecule has 192 valence electrons. The number of carbonyl (C=O) groups is 1. The van der Waals surface area contributed by atoms with Gasteiger partial charge in [-0.1, -0.05) is 44.7 Å². The van der Waals surface area contributed by atoms with Crippen LogP contribution in [0.4, 0.5) is 0 Å². The highest BCUT2D eigenvalue weighted by molar-refractivity contribution is 5.82. The molecule has 7 heteroatoms. The number of amides is 1. The molecule has 5 rings (SSSR count). The molecule has 2 bridgehead atoms. The van der Waals surface area contributed by atoms with Crippen LogP contribution in [0.2, 0.25) is 0 Å². The van der Waals surface area contributed by atoms with Crippen LogP contribution in [-0.2, 0) is 16.2 Å². The van der Waals surface area contributed by atoms with Gasteiger partial charge in [-0.15, -0.1) is 0 Å². The fourth-order valence-corrected chi connectivity index (χ4v) is 6.65. The summed E-state index contributed by atoms with van der Waals surface area (Å²) in [5, 5.41) is 28.5. The minimum Gasteiger partial charge on any atom is -0.394 e. The standard InChI is InChI=1S/C28H41N3O4/c1-17-22-13-21(28(22,3)4)14-23(17)30-27(34)26-25(18(2)33)24(16-32)35-31(26)15-20-9-6-8-19(12-20)10-7-11-29-5/h6,8-9,12,17-18,21-26,29,32-33H,11,13-16H2,1-5H3,(H,30,34)/t17-,18-,21-,22?,23-,24-,25+,26-/m0/s1. The van der Waals surface area contributed by atoms with Crippen molar-refractivity contribution in [1.29, 1.82) is 0 Å². The van der Waals surface area contributed by atoms with Gasteiger partial charge in [-0.25, -0.2) is 0 Å². The first-order valence-corrected chi connectivity index (χ1v) is 12.9. The second-order valence-electron chi connectivity index (χ2n) is 11.3. The molecule has 1 heterocycles. The van der Waals surface area contributed by atoms with Crippen molar-refractivity contribution in [2.45, 2.75) is 71.4 Å². The van der Waals surface area contributed by atoms with Crippen molar-refractivity contribution < 1.29 is 19.8 Å². The molecule has 1 saturated heterocycles. The van der Waals surface area contributed by atoms with E-state index in [0.717, 1.165) is 17.5 Å². The molecule has 0 radical (unpaired) electrons. The second kappa shape index (κ2) is 10.6. The van der Waals surface area contributed by atoms with Crippen LogP contribution in [0.5, 0.6) is 0 Å². The van der Waals surface area contributed by atoms with E-state index < -0.39 is 24.2 Å². The molecule has 1 aliphatic heterocycles. The van der Waals surface area contributed by atoms with Gasteiger partial charge in [0.2, 0.25) is 5.91 Å². The second-order valence-corrected chi connectivity index (χ2v) is 11.3. The number of hydrogen-bond acceptors (Lipinski definition) is 6. The normalized spacial score (nSPS) is 34.4. The van der Waals surface area contributed by atoms with Crippen molar-refractivity contribution in [3.05, 3.63) is 35.4 Å². The molecule has 1 aromatic rings. The van der Waals surface area contributed by atoms with Crippen LogP contribution in [-0.4, -0.2) is 65.7 Å². The Labute approximate surface area is 209 Å². The van der Waals surface area contributed by atoms with Crippen LogP contribution < -0.4 is 10.6 Å². The highest BCUT2D eigenvalue weighted by atomic mass is 16.7. The zero-order valence-electron chi connectivity index (χ0n) is 21.6. The minimum absolute atomic E-state index is 0.120. The summed E-state index contributed by atoms with van der Waals surface area (Å²) in [5.41, 5.74) is 2.19. The molecular weight excluding hydrogens is 442 g/mol. The van der Waals surface area contributed by atoms with Gasteiger partial charge >= 0.3 is 0 Å². The van der Waals surface area contributed by atoms with Gasteiger partial charge < -0.3 is 20.8 Å². The smallest absolute Gasteiger partial charge is 0.240 e. The molecule has 3 saturated carbocycles. The zero-order chi connectivity index (χ0) is 25.3. The lowest BCUT2D eigenvalue weighted by Crippen LogP contribution is -2.62. The lowest BCUT2D eigenvalue weighted by molar-refractivity contribution is -0.183. The van der Waals surface area contributed by atoms with Crippen LogP contribution in [0.15, 0.2) is 24.3 Å². The third kappa shape index (κ3) is 5.14. The van der Waals surface area contributed by atoms with Crippen molar-refractivity contribution >= 4 is 5.91 Å². The number of hydrogen-bond donors (Lipinski definition) is 4. The molecule has 3 aliphatic carbocycles. The number of hydroxylamine groups is 2. The Morgan fingerprint density at radius 1 is 1.34 bits per heavy atom. The summed E-state index contributed by atoms with van der Waals surface area (Å²) >= 11 is 0. The maximum atomic E-state index is 13.7. The minimum atomic E-state index is -0.803. The highest BCUT2D eigenvalue weighted by Gasteiger charge is 2.57. The molecule has 1 unspecified atom stereocenters. The Bertz CT molecular complexity index is 968. The van der Waals surface area contributed by atoms with Crippen LogP contribution in [0, 0.1) is 40.9 Å². The van der Waals surface area contributed by atoms with E-state index in [-0.39, 0.29) is 18.6 Å². The van der Waals surface area contributed by atoms with E-state index in [1.54, 1.807) is 12.0 Å². The summed E-state index contributed by atoms with van der Waals surface area (Å²) in [4.78, 5) is 19.8. The van der Waals surface area contributed by atoms with E-state index >= 15 is 0 Å². The first-order valence-electron chi connectivity index (χ1n) is 12.9. The maximum Gasteiger partial charge on any atom is 0.240 e. The van der Waals surface area contributed by atoms with Crippen LogP contribution in [0.25, 0.3) is 0 Å². The largest absolute Gasteiger partial charge is 0.394 e. The molecular formula is C28H41N3O4. The summed E-state index contributed by atoms with van der Waals surface area (Å²) in [6.45, 7) is 9.31. The first kappa shape index (κ1) is 26.1. The summed E-state index contributed by atoms with van der Waals surface area (Å²) in [7, 11) is 1.86. The Balaban J connectivity index is 1.52. The van der Waals surface area contributed by atoms with E-state index in [0.29, 0.717) is 36.3 Å². The van der Waals surface area contributed by atoms with E-state index in [1.807, 2.05) is 31.3 Å². The van der Waals surface area contributed by atoms with E-state index in [1.165, 1.54) is 6.42 Å². The molecule has 7 nitrogen and oxygen atoms in total. The Morgan fingerprint density at radius 2 is 2.11 bits per heavy atom. The van der Waals surface area contributed by atoms with Gasteiger partial charge in [-0.3, -0.25) is 9.63 Å². The monoisotopic (exact) mass is 483 g/mol. The summed E-state index contributed by atoms with van der Waals surface area (Å²) in [6, 6.07) is 7.29. The summed E-state index contributed by atoms with van der Waals surface area (Å²) < 4.78 is 0. The average molecular weight is 484 g/mol. The molecule has 35 heavy (non-hydrogen) atoms. The number of rotatable bonds is 7. The molecule has 1 amide bonds. The average Bonchev–Trinajstić information content (AvgIpc) is 3.19. The van der Waals surface area contributed by atoms with Gasteiger partial charge in [-0.05, 0) is 67.7 Å². The lowest BCUT2D eigenvalue weighted by Gasteiger charge is -2.62. The third-order valence-corrected chi connectivity index (χ3v) is 8.83. The SMILES string of the molecule is CNCC#Cc1cccc(CN2O[C@@H](CO)[C@@H]([C@H](C)O)[C@H]2C(=O)N[C@H]2C[C@@H]3CC([C@@H]2C)C3(C)C)c1. The molecule has 0 aromatic heterocycles. The predicted octanol–water partition coefficient (Wildman–Crippen LogP) is 1.92. The molecule has 4 fully saturated rings. The van der Waals surface area contributed by atoms with Crippen molar-refractivity contribution in [3.63, 3.8) is 0 Å². The number of benzene rings is 1. The number of nitrogens with zero attached hydrogens (tertiary/aromatic N) is 1. The van der Waals surface area contributed by atoms with Gasteiger partial charge in [0.1, 0.15) is 12.1 Å². The number of aliphatic hydroxyl groups is 2. The van der Waals surface area contributed by atoms with E-state index in [2.05, 4.69) is 43.2 Å². The molecule has 4 N–H and O–H groups in total. The van der Waals surface area contributed by atoms with E-state index in [4.69, 9.17) is 4.84 Å². The highest BCUT2D eigenvalue weighted by Crippen LogP contribution is 2.61. The number of aliphatic hydroxyl groups excluding tert-OH is 2. The lowest BCUT2D eigenvalue weighted by atomic mass is 9.45. The topological polar surface area (TPSA) is 94.1 Å². The van der Waals surface area contributed by atoms with Crippen molar-refractivity contribution in [2.75, 3.05) is 20.2 Å². The Hall–Kier alpha value is -1.95. The summed E-state index contributed by atoms with van der Waals surface area (Å²) in [5.74, 6) is 7.20. The van der Waals surface area contributed by atoms with Crippen LogP contribution in [0.3, 0.4) is 0 Å². The zero-order valence-corrected chi connectivity index (χ0v) is 21.6. The van der Waals surface area contributed by atoms with E-state index in [9.17, 15) is 15.0 Å². The molecule has 0 spiro atoms. The van der Waals surface area contributed by atoms with Gasteiger partial charge in [-0.2, -0.15) is 5.06 Å². The van der Waals surface area contributed by atoms with Gasteiger partial charge in [0.15, 0.2) is 0 Å². The fourth-order valence-electron chi connectivity index (χ4n) is 6.65. The molecule has 1 aromatic carbocycles. The quantitative estimate of drug-likeness (QED) is 0.443. The first-order chi connectivity index (χ1) is 16.7. The van der Waals surface area contributed by atoms with Crippen molar-refractivity contribution in [2.24, 2.45) is 29.1 Å². The molecule has 4 aliphatic rings. The fraction of sp³-hybridized carbons (Fsp3) is 0.679. The van der Waals surface area contributed by atoms with Gasteiger partial charge in [0.25, 0.3) is 0 Å². The molecule has 8 atom stereocenters. The summed E-state index contributed by atoms with van der Waals surface area (Å²) in [6.07, 6.45) is 0.790. The Kier molecular flexibility index (Phi) is 7.89. The number of carbonyl (C=O) groups excluding carboxylic acids is 1.